The van der Waals surface area contributed by atoms with Crippen LogP contribution in [0, 0.1) is 13.8 Å². The molecule has 3 heterocycles. The van der Waals surface area contributed by atoms with Crippen molar-refractivity contribution in [3.63, 3.8) is 0 Å². The van der Waals surface area contributed by atoms with Gasteiger partial charge in [0, 0.05) is 22.7 Å². The van der Waals surface area contributed by atoms with E-state index in [-0.39, 0.29) is 12.2 Å². The second kappa shape index (κ2) is 11.3. The van der Waals surface area contributed by atoms with Crippen LogP contribution in [0.4, 0.5) is 0 Å². The second-order valence-corrected chi connectivity index (χ2v) is 12.2. The van der Waals surface area contributed by atoms with E-state index < -0.39 is 12.0 Å². The molecule has 0 fully saturated rings. The number of carbonyl (C=O) groups is 1. The zero-order valence-corrected chi connectivity index (χ0v) is 26.1. The van der Waals surface area contributed by atoms with Crippen molar-refractivity contribution in [2.45, 2.75) is 79.8 Å². The number of para-hydroxylation sites is 1. The summed E-state index contributed by atoms with van der Waals surface area (Å²) in [6, 6.07) is 14.2. The average Bonchev–Trinajstić information content (AvgIpc) is 3.41. The SMILES string of the molecule is CCOC(=O)C1=C(C)N=c2s/c(=C\c3c(C)n([C@H](C)CC)c4c(C)cccc34)c(=O)n2[C@H]1c1ccc(C(C)C)cc1. The van der Waals surface area contributed by atoms with E-state index in [2.05, 4.69) is 76.4 Å². The minimum Gasteiger partial charge on any atom is -0.463 e. The number of thiazole rings is 1. The van der Waals surface area contributed by atoms with E-state index in [9.17, 15) is 9.59 Å². The molecule has 0 aliphatic carbocycles. The molecule has 41 heavy (non-hydrogen) atoms. The van der Waals surface area contributed by atoms with Crippen LogP contribution in [0.25, 0.3) is 17.0 Å². The number of aromatic nitrogens is 2. The third kappa shape index (κ3) is 4.90. The maximum atomic E-state index is 14.2. The van der Waals surface area contributed by atoms with Gasteiger partial charge in [-0.1, -0.05) is 74.6 Å². The van der Waals surface area contributed by atoms with E-state index in [0.717, 1.165) is 28.6 Å². The van der Waals surface area contributed by atoms with Gasteiger partial charge in [-0.2, -0.15) is 0 Å². The zero-order valence-electron chi connectivity index (χ0n) is 25.2. The van der Waals surface area contributed by atoms with E-state index >= 15 is 0 Å². The molecule has 214 valence electrons. The number of hydrogen-bond donors (Lipinski definition) is 0. The van der Waals surface area contributed by atoms with Crippen molar-refractivity contribution in [3.05, 3.63) is 101 Å². The first kappa shape index (κ1) is 28.8. The van der Waals surface area contributed by atoms with Gasteiger partial charge in [0.25, 0.3) is 5.56 Å². The third-order valence-electron chi connectivity index (χ3n) is 8.26. The van der Waals surface area contributed by atoms with Crippen LogP contribution in [-0.2, 0) is 9.53 Å². The average molecular weight is 570 g/mol. The van der Waals surface area contributed by atoms with Gasteiger partial charge in [-0.15, -0.1) is 0 Å². The molecule has 1 aliphatic heterocycles. The van der Waals surface area contributed by atoms with Gasteiger partial charge < -0.3 is 9.30 Å². The summed E-state index contributed by atoms with van der Waals surface area (Å²) in [6.07, 6.45) is 3.02. The number of allylic oxidation sites excluding steroid dienone is 1. The molecule has 0 unspecified atom stereocenters. The van der Waals surface area contributed by atoms with Crippen LogP contribution in [-0.4, -0.2) is 21.7 Å². The Balaban J connectivity index is 1.77. The molecule has 1 aliphatic rings. The first-order valence-corrected chi connectivity index (χ1v) is 15.3. The molecule has 0 saturated heterocycles. The highest BCUT2D eigenvalue weighted by Gasteiger charge is 2.33. The molecule has 0 saturated carbocycles. The first-order chi connectivity index (χ1) is 19.6. The largest absolute Gasteiger partial charge is 0.463 e. The number of carbonyl (C=O) groups excluding carboxylic acids is 1. The molecule has 2 atom stereocenters. The fourth-order valence-electron chi connectivity index (χ4n) is 5.91. The predicted octanol–water partition coefficient (Wildman–Crippen LogP) is 6.46. The molecule has 4 aromatic rings. The Labute approximate surface area is 245 Å². The molecular weight excluding hydrogens is 530 g/mol. The predicted molar refractivity (Wildman–Crippen MR) is 167 cm³/mol. The number of rotatable bonds is 7. The summed E-state index contributed by atoms with van der Waals surface area (Å²) in [5, 5.41) is 1.14. The Morgan fingerprint density at radius 3 is 2.41 bits per heavy atom. The summed E-state index contributed by atoms with van der Waals surface area (Å²) in [6.45, 7) is 16.9. The smallest absolute Gasteiger partial charge is 0.338 e. The molecule has 2 aromatic carbocycles. The van der Waals surface area contributed by atoms with Gasteiger partial charge in [0.15, 0.2) is 4.80 Å². The summed E-state index contributed by atoms with van der Waals surface area (Å²) < 4.78 is 10.1. The van der Waals surface area contributed by atoms with Gasteiger partial charge in [0.1, 0.15) is 0 Å². The molecule has 2 aromatic heterocycles. The summed E-state index contributed by atoms with van der Waals surface area (Å²) in [5.41, 5.74) is 7.50. The highest BCUT2D eigenvalue weighted by atomic mass is 32.1. The minimum atomic E-state index is -0.613. The Kier molecular flexibility index (Phi) is 7.93. The Morgan fingerprint density at radius 1 is 1.07 bits per heavy atom. The summed E-state index contributed by atoms with van der Waals surface area (Å²) >= 11 is 1.37. The molecular formula is C34H39N3O3S. The fourth-order valence-corrected chi connectivity index (χ4v) is 6.93. The second-order valence-electron chi connectivity index (χ2n) is 11.2. The van der Waals surface area contributed by atoms with E-state index in [4.69, 9.17) is 9.73 Å². The quantitative estimate of drug-likeness (QED) is 0.240. The first-order valence-electron chi connectivity index (χ1n) is 14.5. The molecule has 6 nitrogen and oxygen atoms in total. The van der Waals surface area contributed by atoms with Gasteiger partial charge in [-0.3, -0.25) is 9.36 Å². The number of aryl methyl sites for hydroxylation is 1. The van der Waals surface area contributed by atoms with E-state index in [1.54, 1.807) is 11.5 Å². The Morgan fingerprint density at radius 2 is 1.78 bits per heavy atom. The number of fused-ring (bicyclic) bond motifs is 2. The van der Waals surface area contributed by atoms with Crippen LogP contribution in [0.3, 0.4) is 0 Å². The molecule has 0 spiro atoms. The van der Waals surface area contributed by atoms with Crippen molar-refractivity contribution in [2.24, 2.45) is 4.99 Å². The summed E-state index contributed by atoms with van der Waals surface area (Å²) in [7, 11) is 0. The number of hydrogen-bond acceptors (Lipinski definition) is 5. The Hall–Kier alpha value is -3.71. The number of esters is 1. The van der Waals surface area contributed by atoms with Gasteiger partial charge in [-0.05, 0) is 69.7 Å². The molecule has 0 amide bonds. The molecule has 0 radical (unpaired) electrons. The van der Waals surface area contributed by atoms with Crippen molar-refractivity contribution in [1.82, 2.24) is 9.13 Å². The number of ether oxygens (including phenoxy) is 1. The van der Waals surface area contributed by atoms with E-state index in [1.165, 1.54) is 28.0 Å². The topological polar surface area (TPSA) is 65.6 Å². The van der Waals surface area contributed by atoms with Crippen molar-refractivity contribution >= 4 is 34.3 Å². The van der Waals surface area contributed by atoms with Gasteiger partial charge in [0.2, 0.25) is 0 Å². The molecule has 7 heteroatoms. The zero-order chi connectivity index (χ0) is 29.6. The van der Waals surface area contributed by atoms with Crippen LogP contribution in [0.1, 0.15) is 93.9 Å². The summed E-state index contributed by atoms with van der Waals surface area (Å²) in [4.78, 5) is 32.8. The lowest BCUT2D eigenvalue weighted by Gasteiger charge is -2.25. The fraction of sp³-hybridized carbons (Fsp3) is 0.382. The van der Waals surface area contributed by atoms with Crippen LogP contribution in [0.2, 0.25) is 0 Å². The van der Waals surface area contributed by atoms with Crippen molar-refractivity contribution in [3.8, 4) is 0 Å². The van der Waals surface area contributed by atoms with Crippen LogP contribution < -0.4 is 14.9 Å². The minimum absolute atomic E-state index is 0.155. The van der Waals surface area contributed by atoms with Gasteiger partial charge in [0.05, 0.1) is 34.0 Å². The van der Waals surface area contributed by atoms with Crippen LogP contribution in [0.5, 0.6) is 0 Å². The van der Waals surface area contributed by atoms with Crippen molar-refractivity contribution in [2.75, 3.05) is 6.61 Å². The lowest BCUT2D eigenvalue weighted by atomic mass is 9.93. The van der Waals surface area contributed by atoms with Crippen LogP contribution >= 0.6 is 11.3 Å². The van der Waals surface area contributed by atoms with Crippen LogP contribution in [0.15, 0.2) is 63.5 Å². The third-order valence-corrected chi connectivity index (χ3v) is 9.25. The lowest BCUT2D eigenvalue weighted by molar-refractivity contribution is -0.139. The van der Waals surface area contributed by atoms with Gasteiger partial charge in [-0.25, -0.2) is 9.79 Å². The Bertz CT molecular complexity index is 1850. The molecule has 0 bridgehead atoms. The van der Waals surface area contributed by atoms with Crippen molar-refractivity contribution < 1.29 is 9.53 Å². The van der Waals surface area contributed by atoms with Crippen molar-refractivity contribution in [1.29, 1.82) is 0 Å². The van der Waals surface area contributed by atoms with E-state index in [0.29, 0.717) is 32.6 Å². The highest BCUT2D eigenvalue weighted by molar-refractivity contribution is 7.07. The standard InChI is InChI=1S/C34H39N3O3S/c1-9-21(6)36-23(8)27(26-13-11-12-20(5)30(26)36)18-28-32(38)37-31(25-16-14-24(15-17-25)19(3)4)29(33(39)40-10-2)22(7)35-34(37)41-28/h11-19,21,31H,9-10H2,1-8H3/b28-18-/t21-,31+/m1/s1. The maximum absolute atomic E-state index is 14.2. The highest BCUT2D eigenvalue weighted by Crippen LogP contribution is 2.34. The normalized spacial score (nSPS) is 16.3. The molecule has 5 rings (SSSR count). The number of nitrogens with zero attached hydrogens (tertiary/aromatic N) is 3. The summed E-state index contributed by atoms with van der Waals surface area (Å²) in [5.74, 6) is -0.0683. The maximum Gasteiger partial charge on any atom is 0.338 e. The van der Waals surface area contributed by atoms with E-state index in [1.807, 2.05) is 25.1 Å². The van der Waals surface area contributed by atoms with Gasteiger partial charge >= 0.3 is 5.97 Å². The number of benzene rings is 2. The molecule has 0 N–H and O–H groups in total. The monoisotopic (exact) mass is 569 g/mol. The lowest BCUT2D eigenvalue weighted by Crippen LogP contribution is -2.40.